The highest BCUT2D eigenvalue weighted by Gasteiger charge is 2.21. The molecule has 6 aromatic rings. The van der Waals surface area contributed by atoms with Crippen LogP contribution >= 0.6 is 46.4 Å². The SMILES string of the molecule is C=CCc1ccc(OC(=O)Cc2ccccc2Nc2c(Cl)cccc2Cl)c(-c2cc(CC=C)ccc2OC(=O)Cc2ccccc2Nc2c(Cl)cccc2Cl)c1. The van der Waals surface area contributed by atoms with Gasteiger partial charge in [0.05, 0.1) is 44.3 Å². The average Bonchev–Trinajstić information content (AvgIpc) is 3.17. The summed E-state index contributed by atoms with van der Waals surface area (Å²) in [6.45, 7) is 7.79. The molecular weight excluding hydrogens is 786 g/mol. The summed E-state index contributed by atoms with van der Waals surface area (Å²) in [5, 5.41) is 8.30. The Hall–Kier alpha value is -5.50. The van der Waals surface area contributed by atoms with Crippen molar-refractivity contribution in [3.05, 3.63) is 189 Å². The van der Waals surface area contributed by atoms with Gasteiger partial charge < -0.3 is 20.1 Å². The summed E-state index contributed by atoms with van der Waals surface area (Å²) in [5.41, 5.74) is 6.69. The molecule has 10 heteroatoms. The van der Waals surface area contributed by atoms with Gasteiger partial charge in [-0.1, -0.05) is 119 Å². The van der Waals surface area contributed by atoms with Crippen molar-refractivity contribution in [2.45, 2.75) is 25.7 Å². The molecule has 56 heavy (non-hydrogen) atoms. The normalized spacial score (nSPS) is 10.7. The molecule has 0 saturated heterocycles. The number of ether oxygens (including phenoxy) is 2. The molecule has 6 rings (SSSR count). The fourth-order valence-electron chi connectivity index (χ4n) is 6.07. The molecule has 0 heterocycles. The van der Waals surface area contributed by atoms with Gasteiger partial charge in [0, 0.05) is 22.5 Å². The lowest BCUT2D eigenvalue weighted by Crippen LogP contribution is -2.14. The Morgan fingerprint density at radius 2 is 0.893 bits per heavy atom. The number of para-hydroxylation sites is 4. The number of hydrogen-bond donors (Lipinski definition) is 2. The average molecular weight is 823 g/mol. The number of carbonyl (C=O) groups is 2. The smallest absolute Gasteiger partial charge is 0.315 e. The van der Waals surface area contributed by atoms with Crippen LogP contribution in [-0.4, -0.2) is 11.9 Å². The standard InChI is InChI=1S/C46H36Cl4N2O4/c1-3-11-29-21-23-41(55-43(53)27-31-13-5-7-19-39(31)51-45-35(47)15-9-16-36(45)48)33(25-29)34-26-30(12-4-2)22-24-42(34)56-44(54)28-32-14-6-8-20-40(32)52-46-37(49)17-10-18-38(46)50/h3-10,13-26,51-52H,1-2,11-12,27-28H2. The Labute approximate surface area is 346 Å². The van der Waals surface area contributed by atoms with Crippen molar-refractivity contribution in [2.24, 2.45) is 0 Å². The van der Waals surface area contributed by atoms with Gasteiger partial charge in [0.15, 0.2) is 0 Å². The van der Waals surface area contributed by atoms with Crippen LogP contribution in [-0.2, 0) is 35.3 Å². The van der Waals surface area contributed by atoms with Gasteiger partial charge in [-0.3, -0.25) is 9.59 Å². The first-order chi connectivity index (χ1) is 27.1. The Morgan fingerprint density at radius 1 is 0.518 bits per heavy atom. The van der Waals surface area contributed by atoms with Crippen LogP contribution in [0.5, 0.6) is 11.5 Å². The highest BCUT2D eigenvalue weighted by molar-refractivity contribution is 6.40. The molecule has 0 aliphatic heterocycles. The molecule has 0 unspecified atom stereocenters. The molecule has 0 bridgehead atoms. The van der Waals surface area contributed by atoms with Crippen LogP contribution in [0.2, 0.25) is 20.1 Å². The number of esters is 2. The molecule has 0 saturated carbocycles. The minimum atomic E-state index is -0.509. The lowest BCUT2D eigenvalue weighted by Gasteiger charge is -2.18. The summed E-state index contributed by atoms with van der Waals surface area (Å²) < 4.78 is 12.2. The summed E-state index contributed by atoms with van der Waals surface area (Å²) in [4.78, 5) is 27.4. The van der Waals surface area contributed by atoms with Crippen LogP contribution in [0.25, 0.3) is 11.1 Å². The van der Waals surface area contributed by atoms with E-state index in [4.69, 9.17) is 55.9 Å². The number of rotatable bonds is 15. The van der Waals surface area contributed by atoms with Gasteiger partial charge >= 0.3 is 11.9 Å². The monoisotopic (exact) mass is 820 g/mol. The summed E-state index contributed by atoms with van der Waals surface area (Å²) in [6.07, 6.45) is 4.57. The zero-order valence-corrected chi connectivity index (χ0v) is 33.1. The minimum absolute atomic E-state index is 0.0652. The van der Waals surface area contributed by atoms with Gasteiger partial charge in [0.2, 0.25) is 0 Å². The molecule has 0 aromatic heterocycles. The van der Waals surface area contributed by atoms with Gasteiger partial charge in [-0.2, -0.15) is 0 Å². The van der Waals surface area contributed by atoms with Crippen LogP contribution in [0.3, 0.4) is 0 Å². The quantitative estimate of drug-likeness (QED) is 0.0610. The van der Waals surface area contributed by atoms with Gasteiger partial charge in [-0.25, -0.2) is 0 Å². The first-order valence-electron chi connectivity index (χ1n) is 17.6. The second-order valence-corrected chi connectivity index (χ2v) is 14.3. The van der Waals surface area contributed by atoms with E-state index in [2.05, 4.69) is 23.8 Å². The Kier molecular flexibility index (Phi) is 13.6. The second kappa shape index (κ2) is 18.9. The molecule has 0 aliphatic carbocycles. The molecule has 0 radical (unpaired) electrons. The van der Waals surface area contributed by atoms with Crippen molar-refractivity contribution in [1.29, 1.82) is 0 Å². The lowest BCUT2D eigenvalue weighted by atomic mass is 9.97. The fourth-order valence-corrected chi connectivity index (χ4v) is 7.05. The zero-order chi connectivity index (χ0) is 39.6. The highest BCUT2D eigenvalue weighted by atomic mass is 35.5. The summed E-state index contributed by atoms with van der Waals surface area (Å²) in [5.74, 6) is -0.431. The third-order valence-electron chi connectivity index (χ3n) is 8.73. The third-order valence-corrected chi connectivity index (χ3v) is 9.99. The van der Waals surface area contributed by atoms with Gasteiger partial charge in [-0.05, 0) is 95.8 Å². The number of halogens is 4. The molecule has 2 N–H and O–H groups in total. The zero-order valence-electron chi connectivity index (χ0n) is 30.1. The van der Waals surface area contributed by atoms with E-state index < -0.39 is 11.9 Å². The maximum Gasteiger partial charge on any atom is 0.315 e. The predicted octanol–water partition coefficient (Wildman–Crippen LogP) is 13.2. The number of benzene rings is 6. The van der Waals surface area contributed by atoms with Crippen molar-refractivity contribution in [3.8, 4) is 22.6 Å². The summed E-state index contributed by atoms with van der Waals surface area (Å²) in [6, 6.07) is 36.2. The van der Waals surface area contributed by atoms with E-state index in [0.717, 1.165) is 11.1 Å². The van der Waals surface area contributed by atoms with E-state index in [0.29, 0.717) is 89.4 Å². The summed E-state index contributed by atoms with van der Waals surface area (Å²) in [7, 11) is 0. The third kappa shape index (κ3) is 10.0. The number of anilines is 4. The molecule has 282 valence electrons. The molecule has 6 aromatic carbocycles. The van der Waals surface area contributed by atoms with Crippen LogP contribution < -0.4 is 20.1 Å². The topological polar surface area (TPSA) is 76.7 Å². The van der Waals surface area contributed by atoms with Crippen molar-refractivity contribution < 1.29 is 19.1 Å². The first-order valence-corrected chi connectivity index (χ1v) is 19.1. The number of carbonyl (C=O) groups excluding carboxylic acids is 2. The van der Waals surface area contributed by atoms with E-state index in [1.807, 2.05) is 72.8 Å². The van der Waals surface area contributed by atoms with Crippen molar-refractivity contribution in [2.75, 3.05) is 10.6 Å². The fraction of sp³-hybridized carbons (Fsp3) is 0.0870. The number of hydrogen-bond acceptors (Lipinski definition) is 6. The molecule has 0 fully saturated rings. The second-order valence-electron chi connectivity index (χ2n) is 12.7. The largest absolute Gasteiger partial charge is 0.426 e. The van der Waals surface area contributed by atoms with Gasteiger partial charge in [0.1, 0.15) is 11.5 Å². The lowest BCUT2D eigenvalue weighted by molar-refractivity contribution is -0.134. The minimum Gasteiger partial charge on any atom is -0.426 e. The number of allylic oxidation sites excluding steroid dienone is 2. The molecular formula is C46H36Cl4N2O4. The molecule has 0 amide bonds. The Balaban J connectivity index is 1.29. The van der Waals surface area contributed by atoms with Gasteiger partial charge in [0.25, 0.3) is 0 Å². The van der Waals surface area contributed by atoms with Crippen LogP contribution in [0.1, 0.15) is 22.3 Å². The maximum atomic E-state index is 13.7. The van der Waals surface area contributed by atoms with E-state index >= 15 is 0 Å². The van der Waals surface area contributed by atoms with Gasteiger partial charge in [-0.15, -0.1) is 13.2 Å². The van der Waals surface area contributed by atoms with Crippen molar-refractivity contribution in [3.63, 3.8) is 0 Å². The Morgan fingerprint density at radius 3 is 1.27 bits per heavy atom. The van der Waals surface area contributed by atoms with E-state index in [1.165, 1.54) is 0 Å². The van der Waals surface area contributed by atoms with Crippen LogP contribution in [0.4, 0.5) is 22.7 Å². The van der Waals surface area contributed by atoms with Crippen LogP contribution in [0, 0.1) is 0 Å². The van der Waals surface area contributed by atoms with Crippen molar-refractivity contribution >= 4 is 81.1 Å². The van der Waals surface area contributed by atoms with Crippen LogP contribution in [0.15, 0.2) is 147 Å². The van der Waals surface area contributed by atoms with E-state index in [9.17, 15) is 9.59 Å². The maximum absolute atomic E-state index is 13.7. The molecule has 6 nitrogen and oxygen atoms in total. The van der Waals surface area contributed by atoms with E-state index in [1.54, 1.807) is 60.7 Å². The molecule has 0 spiro atoms. The summed E-state index contributed by atoms with van der Waals surface area (Å²) >= 11 is 25.7. The molecule has 0 atom stereocenters. The predicted molar refractivity (Wildman–Crippen MR) is 231 cm³/mol. The molecule has 0 aliphatic rings. The highest BCUT2D eigenvalue weighted by Crippen LogP contribution is 2.40. The first kappa shape index (κ1) is 40.2. The van der Waals surface area contributed by atoms with E-state index in [-0.39, 0.29) is 12.8 Å². The Bertz CT molecular complexity index is 2220. The van der Waals surface area contributed by atoms with Crippen molar-refractivity contribution in [1.82, 2.24) is 0 Å². The number of nitrogens with one attached hydrogen (secondary N) is 2.